The summed E-state index contributed by atoms with van der Waals surface area (Å²) in [7, 11) is 0. The molecule has 1 aliphatic heterocycles. The first-order valence-corrected chi connectivity index (χ1v) is 6.74. The minimum atomic E-state index is -0.679. The maximum atomic E-state index is 11.9. The van der Waals surface area contributed by atoms with Crippen molar-refractivity contribution in [3.8, 4) is 0 Å². The Morgan fingerprint density at radius 2 is 2.32 bits per heavy atom. The number of amides is 1. The van der Waals surface area contributed by atoms with Gasteiger partial charge in [0.2, 0.25) is 5.91 Å². The summed E-state index contributed by atoms with van der Waals surface area (Å²) in [6.07, 6.45) is 0.700. The van der Waals surface area contributed by atoms with Crippen molar-refractivity contribution >= 4 is 23.2 Å². The summed E-state index contributed by atoms with van der Waals surface area (Å²) in [5, 5.41) is 13.2. The molecule has 1 unspecified atom stereocenters. The lowest BCUT2D eigenvalue weighted by Crippen LogP contribution is -2.35. The Balaban J connectivity index is 1.91. The Morgan fingerprint density at radius 3 is 2.89 bits per heavy atom. The zero-order valence-electron chi connectivity index (χ0n) is 11.2. The standard InChI is InChI=1S/C14H19ClN2O2/c1-10-3-4-12(11(15)7-10)16-13(18)8-17-6-5-14(2,19)9-17/h3-4,7,19H,5-6,8-9H2,1-2H3,(H,16,18). The Hall–Kier alpha value is -1.10. The van der Waals surface area contributed by atoms with Crippen molar-refractivity contribution in [1.82, 2.24) is 4.90 Å². The number of hydrogen-bond donors (Lipinski definition) is 2. The molecule has 2 N–H and O–H groups in total. The van der Waals surface area contributed by atoms with E-state index in [-0.39, 0.29) is 12.5 Å². The quantitative estimate of drug-likeness (QED) is 0.892. The number of nitrogens with zero attached hydrogens (tertiary/aromatic N) is 1. The van der Waals surface area contributed by atoms with Gasteiger partial charge in [-0.3, -0.25) is 9.69 Å². The predicted octanol–water partition coefficient (Wildman–Crippen LogP) is 2.04. The molecule has 1 atom stereocenters. The molecule has 1 fully saturated rings. The van der Waals surface area contributed by atoms with Crippen molar-refractivity contribution in [2.24, 2.45) is 0 Å². The smallest absolute Gasteiger partial charge is 0.238 e. The highest BCUT2D eigenvalue weighted by atomic mass is 35.5. The van der Waals surface area contributed by atoms with E-state index in [4.69, 9.17) is 11.6 Å². The van der Waals surface area contributed by atoms with Crippen LogP contribution in [-0.4, -0.2) is 41.1 Å². The number of hydrogen-bond acceptors (Lipinski definition) is 3. The number of carbonyl (C=O) groups excluding carboxylic acids is 1. The second-order valence-corrected chi connectivity index (χ2v) is 5.90. The summed E-state index contributed by atoms with van der Waals surface area (Å²) in [5.41, 5.74) is 1.00. The van der Waals surface area contributed by atoms with Crippen LogP contribution < -0.4 is 5.32 Å². The molecular weight excluding hydrogens is 264 g/mol. The maximum absolute atomic E-state index is 11.9. The minimum Gasteiger partial charge on any atom is -0.389 e. The topological polar surface area (TPSA) is 52.6 Å². The van der Waals surface area contributed by atoms with Gasteiger partial charge in [-0.25, -0.2) is 0 Å². The first-order valence-electron chi connectivity index (χ1n) is 6.36. The number of aryl methyl sites for hydroxylation is 1. The Kier molecular flexibility index (Phi) is 4.13. The summed E-state index contributed by atoms with van der Waals surface area (Å²) in [6, 6.07) is 5.52. The fourth-order valence-electron chi connectivity index (χ4n) is 2.29. The molecule has 5 heteroatoms. The number of halogens is 1. The predicted molar refractivity (Wildman–Crippen MR) is 76.5 cm³/mol. The highest BCUT2D eigenvalue weighted by Crippen LogP contribution is 2.23. The van der Waals surface area contributed by atoms with Crippen LogP contribution in [0, 0.1) is 6.92 Å². The molecule has 2 rings (SSSR count). The first kappa shape index (κ1) is 14.3. The summed E-state index contributed by atoms with van der Waals surface area (Å²) in [5.74, 6) is -0.108. The van der Waals surface area contributed by atoms with E-state index in [0.717, 1.165) is 12.1 Å². The zero-order chi connectivity index (χ0) is 14.0. The van der Waals surface area contributed by atoms with E-state index in [9.17, 15) is 9.90 Å². The van der Waals surface area contributed by atoms with Crippen LogP contribution in [0.3, 0.4) is 0 Å². The van der Waals surface area contributed by atoms with Crippen LogP contribution in [0.15, 0.2) is 18.2 Å². The second kappa shape index (κ2) is 5.49. The molecule has 0 spiro atoms. The number of rotatable bonds is 3. The molecule has 0 aliphatic carbocycles. The Morgan fingerprint density at radius 1 is 1.58 bits per heavy atom. The molecule has 1 heterocycles. The first-order chi connectivity index (χ1) is 8.85. The SMILES string of the molecule is Cc1ccc(NC(=O)CN2CCC(C)(O)C2)c(Cl)c1. The van der Waals surface area contributed by atoms with Crippen LogP contribution in [0.4, 0.5) is 5.69 Å². The average Bonchev–Trinajstić information content (AvgIpc) is 2.62. The molecule has 1 saturated heterocycles. The fraction of sp³-hybridized carbons (Fsp3) is 0.500. The summed E-state index contributed by atoms with van der Waals surface area (Å²) in [6.45, 7) is 5.29. The van der Waals surface area contributed by atoms with E-state index >= 15 is 0 Å². The molecule has 0 aromatic heterocycles. The largest absolute Gasteiger partial charge is 0.389 e. The van der Waals surface area contributed by atoms with Crippen LogP contribution in [0.1, 0.15) is 18.9 Å². The third-order valence-corrected chi connectivity index (χ3v) is 3.61. The highest BCUT2D eigenvalue weighted by molar-refractivity contribution is 6.33. The van der Waals surface area contributed by atoms with Gasteiger partial charge < -0.3 is 10.4 Å². The van der Waals surface area contributed by atoms with Gasteiger partial charge in [0, 0.05) is 13.1 Å². The van der Waals surface area contributed by atoms with E-state index in [1.165, 1.54) is 0 Å². The average molecular weight is 283 g/mol. The highest BCUT2D eigenvalue weighted by Gasteiger charge is 2.32. The number of anilines is 1. The van der Waals surface area contributed by atoms with E-state index in [2.05, 4.69) is 5.32 Å². The van der Waals surface area contributed by atoms with Crippen molar-refractivity contribution in [2.45, 2.75) is 25.9 Å². The van der Waals surface area contributed by atoms with Gasteiger partial charge in [0.1, 0.15) is 0 Å². The van der Waals surface area contributed by atoms with Gasteiger partial charge >= 0.3 is 0 Å². The van der Waals surface area contributed by atoms with Crippen LogP contribution in [0.25, 0.3) is 0 Å². The Bertz CT molecular complexity index is 488. The maximum Gasteiger partial charge on any atom is 0.238 e. The third-order valence-electron chi connectivity index (χ3n) is 3.30. The number of benzene rings is 1. The van der Waals surface area contributed by atoms with Gasteiger partial charge in [-0.2, -0.15) is 0 Å². The van der Waals surface area contributed by atoms with Gasteiger partial charge in [-0.1, -0.05) is 17.7 Å². The lowest BCUT2D eigenvalue weighted by molar-refractivity contribution is -0.117. The number of likely N-dealkylation sites (tertiary alicyclic amines) is 1. The van der Waals surface area contributed by atoms with Gasteiger partial charge in [0.15, 0.2) is 0 Å². The molecular formula is C14H19ClN2O2. The van der Waals surface area contributed by atoms with E-state index in [0.29, 0.717) is 23.7 Å². The number of carbonyl (C=O) groups is 1. The normalized spacial score (nSPS) is 23.6. The lowest BCUT2D eigenvalue weighted by Gasteiger charge is -2.18. The number of β-amino-alcohol motifs (C(OH)–C–C–N with tert-alkyl or cyclic N) is 1. The molecule has 4 nitrogen and oxygen atoms in total. The summed E-state index contributed by atoms with van der Waals surface area (Å²) >= 11 is 6.07. The zero-order valence-corrected chi connectivity index (χ0v) is 12.0. The van der Waals surface area contributed by atoms with E-state index in [1.54, 1.807) is 13.0 Å². The lowest BCUT2D eigenvalue weighted by atomic mass is 10.1. The van der Waals surface area contributed by atoms with Crippen molar-refractivity contribution in [3.05, 3.63) is 28.8 Å². The molecule has 0 saturated carbocycles. The van der Waals surface area contributed by atoms with Crippen LogP contribution in [-0.2, 0) is 4.79 Å². The van der Waals surface area contributed by atoms with Gasteiger partial charge in [0.25, 0.3) is 0 Å². The van der Waals surface area contributed by atoms with Gasteiger partial charge in [-0.15, -0.1) is 0 Å². The molecule has 1 amide bonds. The van der Waals surface area contributed by atoms with Crippen molar-refractivity contribution in [1.29, 1.82) is 0 Å². The second-order valence-electron chi connectivity index (χ2n) is 5.49. The van der Waals surface area contributed by atoms with Crippen molar-refractivity contribution in [2.75, 3.05) is 25.0 Å². The minimum absolute atomic E-state index is 0.108. The molecule has 0 bridgehead atoms. The summed E-state index contributed by atoms with van der Waals surface area (Å²) < 4.78 is 0. The van der Waals surface area contributed by atoms with Crippen molar-refractivity contribution < 1.29 is 9.90 Å². The van der Waals surface area contributed by atoms with Crippen LogP contribution in [0.2, 0.25) is 5.02 Å². The molecule has 19 heavy (non-hydrogen) atoms. The summed E-state index contributed by atoms with van der Waals surface area (Å²) in [4.78, 5) is 13.9. The molecule has 1 aromatic rings. The third kappa shape index (κ3) is 3.93. The fourth-order valence-corrected chi connectivity index (χ4v) is 2.57. The van der Waals surface area contributed by atoms with E-state index < -0.39 is 5.60 Å². The van der Waals surface area contributed by atoms with Crippen LogP contribution in [0.5, 0.6) is 0 Å². The molecule has 0 radical (unpaired) electrons. The monoisotopic (exact) mass is 282 g/mol. The molecule has 1 aromatic carbocycles. The van der Waals surface area contributed by atoms with Crippen LogP contribution >= 0.6 is 11.6 Å². The van der Waals surface area contributed by atoms with E-state index in [1.807, 2.05) is 24.0 Å². The number of aliphatic hydroxyl groups is 1. The van der Waals surface area contributed by atoms with Gasteiger partial charge in [0.05, 0.1) is 22.9 Å². The number of nitrogens with one attached hydrogen (secondary N) is 1. The molecule has 104 valence electrons. The van der Waals surface area contributed by atoms with Crippen molar-refractivity contribution in [3.63, 3.8) is 0 Å². The Labute approximate surface area is 118 Å². The molecule has 1 aliphatic rings. The van der Waals surface area contributed by atoms with Gasteiger partial charge in [-0.05, 0) is 38.0 Å².